The van der Waals surface area contributed by atoms with Gasteiger partial charge in [-0.2, -0.15) is 0 Å². The van der Waals surface area contributed by atoms with Crippen molar-refractivity contribution in [1.82, 2.24) is 0 Å². The minimum absolute atomic E-state index is 0.194. The predicted octanol–water partition coefficient (Wildman–Crippen LogP) is 2.18. The lowest BCUT2D eigenvalue weighted by atomic mass is 9.79. The molecule has 1 N–H and O–H groups in total. The molecule has 144 valence electrons. The summed E-state index contributed by atoms with van der Waals surface area (Å²) >= 11 is 0. The van der Waals surface area contributed by atoms with Crippen molar-refractivity contribution in [3.63, 3.8) is 0 Å². The smallest absolute Gasteiger partial charge is 0.485 e. The summed E-state index contributed by atoms with van der Waals surface area (Å²) in [4.78, 5) is 0. The van der Waals surface area contributed by atoms with Crippen molar-refractivity contribution in [2.75, 3.05) is 19.8 Å². The lowest BCUT2D eigenvalue weighted by molar-refractivity contribution is -0.0864. The summed E-state index contributed by atoms with van der Waals surface area (Å²) < 4.78 is 51.0. The van der Waals surface area contributed by atoms with Crippen LogP contribution in [0.1, 0.15) is 40.5 Å². The van der Waals surface area contributed by atoms with Crippen molar-refractivity contribution in [3.8, 4) is 5.75 Å². The fourth-order valence-electron chi connectivity index (χ4n) is 2.93. The van der Waals surface area contributed by atoms with E-state index in [0.29, 0.717) is 26.1 Å². The van der Waals surface area contributed by atoms with Gasteiger partial charge in [-0.1, -0.05) is 0 Å². The average Bonchev–Trinajstić information content (AvgIpc) is 2.75. The number of hydrogen-bond donors (Lipinski definition) is 1. The number of hydrogen-bond acceptors (Lipinski definition) is 5. The number of ether oxygens (including phenoxy) is 2. The third kappa shape index (κ3) is 3.74. The van der Waals surface area contributed by atoms with E-state index in [1.54, 1.807) is 0 Å². The van der Waals surface area contributed by atoms with Crippen LogP contribution < -0.4 is 10.2 Å². The molecule has 0 atom stereocenters. The van der Waals surface area contributed by atoms with Gasteiger partial charge in [0.1, 0.15) is 12.2 Å². The second kappa shape index (κ2) is 6.75. The SMILES string of the molecule is CC1(C)OB(c2cc(F)c(OCC3(O)CCOCC3)c(F)c2)OC1(C)C. The van der Waals surface area contributed by atoms with Gasteiger partial charge in [0.05, 0.1) is 11.2 Å². The molecule has 0 saturated carbocycles. The molecule has 1 aromatic rings. The number of aliphatic hydroxyl groups is 1. The molecule has 0 radical (unpaired) electrons. The van der Waals surface area contributed by atoms with Gasteiger partial charge in [-0.15, -0.1) is 0 Å². The van der Waals surface area contributed by atoms with Gasteiger partial charge in [0.25, 0.3) is 0 Å². The van der Waals surface area contributed by atoms with Crippen LogP contribution in [0.15, 0.2) is 12.1 Å². The van der Waals surface area contributed by atoms with E-state index in [1.807, 2.05) is 27.7 Å². The first-order valence-electron chi connectivity index (χ1n) is 8.81. The third-order valence-corrected chi connectivity index (χ3v) is 5.45. The van der Waals surface area contributed by atoms with Crippen LogP contribution in [0.4, 0.5) is 8.78 Å². The van der Waals surface area contributed by atoms with E-state index in [4.69, 9.17) is 18.8 Å². The van der Waals surface area contributed by atoms with Gasteiger partial charge in [-0.25, -0.2) is 8.78 Å². The zero-order valence-electron chi connectivity index (χ0n) is 15.6. The lowest BCUT2D eigenvalue weighted by Crippen LogP contribution is -2.42. The standard InChI is InChI=1S/C18H25BF2O5/c1-16(2)17(3,4)26-19(25-16)12-9-13(20)15(14(21)10-12)24-11-18(22)5-7-23-8-6-18/h9-10,22H,5-8,11H2,1-4H3. The van der Waals surface area contributed by atoms with Crippen molar-refractivity contribution in [2.24, 2.45) is 0 Å². The zero-order valence-corrected chi connectivity index (χ0v) is 15.6. The summed E-state index contributed by atoms with van der Waals surface area (Å²) in [6.07, 6.45) is 0.727. The Labute approximate surface area is 152 Å². The molecular formula is C18H25BF2O5. The number of rotatable bonds is 4. The minimum atomic E-state index is -1.14. The van der Waals surface area contributed by atoms with Crippen LogP contribution in [0.3, 0.4) is 0 Å². The van der Waals surface area contributed by atoms with Crippen LogP contribution in [-0.2, 0) is 14.0 Å². The van der Waals surface area contributed by atoms with Crippen molar-refractivity contribution in [2.45, 2.75) is 57.3 Å². The van der Waals surface area contributed by atoms with E-state index in [9.17, 15) is 13.9 Å². The highest BCUT2D eigenvalue weighted by Gasteiger charge is 2.52. The number of halogens is 2. The van der Waals surface area contributed by atoms with Crippen molar-refractivity contribution in [1.29, 1.82) is 0 Å². The first-order chi connectivity index (χ1) is 12.0. The Balaban J connectivity index is 1.75. The van der Waals surface area contributed by atoms with E-state index in [0.717, 1.165) is 12.1 Å². The van der Waals surface area contributed by atoms with Crippen LogP contribution in [0.25, 0.3) is 0 Å². The lowest BCUT2D eigenvalue weighted by Gasteiger charge is -2.32. The number of benzene rings is 1. The zero-order chi connectivity index (χ0) is 19.2. The summed E-state index contributed by atoms with van der Waals surface area (Å²) in [6, 6.07) is 2.29. The highest BCUT2D eigenvalue weighted by molar-refractivity contribution is 6.62. The Bertz CT molecular complexity index is 635. The molecule has 26 heavy (non-hydrogen) atoms. The largest absolute Gasteiger partial charge is 0.495 e. The van der Waals surface area contributed by atoms with Crippen molar-refractivity contribution in [3.05, 3.63) is 23.8 Å². The molecule has 0 aromatic heterocycles. The first kappa shape index (κ1) is 19.5. The van der Waals surface area contributed by atoms with Gasteiger partial charge in [0, 0.05) is 26.1 Å². The third-order valence-electron chi connectivity index (χ3n) is 5.45. The molecule has 1 aromatic carbocycles. The predicted molar refractivity (Wildman–Crippen MR) is 92.6 cm³/mol. The summed E-state index contributed by atoms with van der Waals surface area (Å²) in [5.74, 6) is -2.22. The Morgan fingerprint density at radius 1 is 1.04 bits per heavy atom. The first-order valence-corrected chi connectivity index (χ1v) is 8.81. The maximum atomic E-state index is 14.4. The molecule has 3 rings (SSSR count). The molecule has 8 heteroatoms. The molecule has 0 bridgehead atoms. The van der Waals surface area contributed by atoms with Crippen LogP contribution in [0.2, 0.25) is 0 Å². The van der Waals surface area contributed by atoms with E-state index < -0.39 is 41.3 Å². The summed E-state index contributed by atoms with van der Waals surface area (Å²) in [6.45, 7) is 8.06. The maximum Gasteiger partial charge on any atom is 0.495 e. The highest BCUT2D eigenvalue weighted by atomic mass is 19.1. The Kier molecular flexibility index (Phi) is 5.07. The molecule has 0 unspecified atom stereocenters. The van der Waals surface area contributed by atoms with Crippen molar-refractivity contribution >= 4 is 12.6 Å². The molecule has 2 aliphatic rings. The summed E-state index contributed by atoms with van der Waals surface area (Å²) in [5, 5.41) is 10.4. The molecule has 5 nitrogen and oxygen atoms in total. The average molecular weight is 370 g/mol. The van der Waals surface area contributed by atoms with Gasteiger partial charge >= 0.3 is 7.12 Å². The van der Waals surface area contributed by atoms with Gasteiger partial charge in [0.2, 0.25) is 0 Å². The Morgan fingerprint density at radius 3 is 2.04 bits per heavy atom. The topological polar surface area (TPSA) is 57.2 Å². The van der Waals surface area contributed by atoms with E-state index in [2.05, 4.69) is 0 Å². The molecule has 2 saturated heterocycles. The molecule has 0 spiro atoms. The van der Waals surface area contributed by atoms with Crippen LogP contribution in [0, 0.1) is 11.6 Å². The molecule has 2 aliphatic heterocycles. The quantitative estimate of drug-likeness (QED) is 0.824. The normalized spacial score (nSPS) is 23.9. The van der Waals surface area contributed by atoms with E-state index in [1.165, 1.54) is 0 Å². The molecule has 0 aliphatic carbocycles. The molecule has 0 amide bonds. The van der Waals surface area contributed by atoms with Crippen LogP contribution in [-0.4, -0.2) is 48.8 Å². The van der Waals surface area contributed by atoms with E-state index >= 15 is 0 Å². The van der Waals surface area contributed by atoms with Gasteiger partial charge in [-0.05, 0) is 45.3 Å². The highest BCUT2D eigenvalue weighted by Crippen LogP contribution is 2.37. The van der Waals surface area contributed by atoms with E-state index in [-0.39, 0.29) is 12.1 Å². The molecule has 2 heterocycles. The molecular weight excluding hydrogens is 345 g/mol. The summed E-state index contributed by atoms with van der Waals surface area (Å²) in [5.41, 5.74) is -2.10. The monoisotopic (exact) mass is 370 g/mol. The fraction of sp³-hybridized carbons (Fsp3) is 0.667. The maximum absolute atomic E-state index is 14.4. The molecule has 2 fully saturated rings. The fourth-order valence-corrected chi connectivity index (χ4v) is 2.93. The minimum Gasteiger partial charge on any atom is -0.485 e. The Hall–Kier alpha value is -1.22. The van der Waals surface area contributed by atoms with Crippen molar-refractivity contribution < 1.29 is 32.7 Å². The van der Waals surface area contributed by atoms with Gasteiger partial charge in [0.15, 0.2) is 17.4 Å². The van der Waals surface area contributed by atoms with Gasteiger partial charge < -0.3 is 23.9 Å². The Morgan fingerprint density at radius 2 is 1.54 bits per heavy atom. The van der Waals surface area contributed by atoms with Gasteiger partial charge in [-0.3, -0.25) is 0 Å². The second-order valence-electron chi connectivity index (χ2n) is 8.03. The van der Waals surface area contributed by atoms with Crippen LogP contribution in [0.5, 0.6) is 5.75 Å². The second-order valence-corrected chi connectivity index (χ2v) is 8.03. The van der Waals surface area contributed by atoms with Crippen LogP contribution >= 0.6 is 0 Å². The summed E-state index contributed by atoms with van der Waals surface area (Å²) in [7, 11) is -0.863.